The van der Waals surface area contributed by atoms with E-state index < -0.39 is 0 Å². The van der Waals surface area contributed by atoms with Crippen LogP contribution in [0.2, 0.25) is 0 Å². The van der Waals surface area contributed by atoms with E-state index in [0.717, 1.165) is 29.1 Å². The lowest BCUT2D eigenvalue weighted by atomic mass is 10.2. The zero-order chi connectivity index (χ0) is 15.4. The summed E-state index contributed by atoms with van der Waals surface area (Å²) < 4.78 is 0. The van der Waals surface area contributed by atoms with Gasteiger partial charge in [0, 0.05) is 23.5 Å². The minimum Gasteiger partial charge on any atom is -0.357 e. The van der Waals surface area contributed by atoms with Crippen LogP contribution in [0.25, 0.3) is 10.6 Å². The highest BCUT2D eigenvalue weighted by Gasteiger charge is 2.33. The molecule has 4 nitrogen and oxygen atoms in total. The molecule has 2 N–H and O–H groups in total. The lowest BCUT2D eigenvalue weighted by molar-refractivity contribution is 0.765. The highest BCUT2D eigenvalue weighted by atomic mass is 32.1. The third kappa shape index (κ3) is 3.85. The average Bonchev–Trinajstić information content (AvgIpc) is 3.03. The maximum atomic E-state index is 4.68. The monoisotopic (exact) mass is 314 g/mol. The number of hydrogen-bond acceptors (Lipinski definition) is 3. The van der Waals surface area contributed by atoms with Gasteiger partial charge < -0.3 is 10.6 Å². The summed E-state index contributed by atoms with van der Waals surface area (Å²) in [6.45, 7) is 5.83. The van der Waals surface area contributed by atoms with Crippen molar-refractivity contribution in [1.29, 1.82) is 0 Å². The Kier molecular flexibility index (Phi) is 4.73. The van der Waals surface area contributed by atoms with Gasteiger partial charge in [0.25, 0.3) is 0 Å². The molecule has 22 heavy (non-hydrogen) atoms. The van der Waals surface area contributed by atoms with E-state index >= 15 is 0 Å². The minimum absolute atomic E-state index is 0.577. The van der Waals surface area contributed by atoms with Crippen LogP contribution in [0.4, 0.5) is 0 Å². The van der Waals surface area contributed by atoms with Crippen molar-refractivity contribution < 1.29 is 0 Å². The molecule has 1 fully saturated rings. The van der Waals surface area contributed by atoms with Crippen LogP contribution in [-0.2, 0) is 6.54 Å². The molecule has 1 aromatic carbocycles. The topological polar surface area (TPSA) is 49.3 Å². The van der Waals surface area contributed by atoms with Crippen molar-refractivity contribution in [2.24, 2.45) is 10.9 Å². The largest absolute Gasteiger partial charge is 0.357 e. The minimum atomic E-state index is 0.577. The second-order valence-electron chi connectivity index (χ2n) is 5.67. The Bertz CT molecular complexity index is 635. The molecule has 0 aliphatic heterocycles. The van der Waals surface area contributed by atoms with Crippen LogP contribution in [0.5, 0.6) is 0 Å². The SMILES string of the molecule is CCNC(=NCc1csc(-c2ccccc2)n1)NC1CC1C. The van der Waals surface area contributed by atoms with E-state index in [9.17, 15) is 0 Å². The molecule has 0 radical (unpaired) electrons. The average molecular weight is 314 g/mol. The van der Waals surface area contributed by atoms with Gasteiger partial charge in [-0.25, -0.2) is 9.98 Å². The van der Waals surface area contributed by atoms with E-state index in [1.54, 1.807) is 11.3 Å². The predicted octanol–water partition coefficient (Wildman–Crippen LogP) is 3.27. The molecule has 3 rings (SSSR count). The predicted molar refractivity (Wildman–Crippen MR) is 93.1 cm³/mol. The molecule has 1 saturated carbocycles. The van der Waals surface area contributed by atoms with Crippen molar-refractivity contribution in [2.45, 2.75) is 32.9 Å². The van der Waals surface area contributed by atoms with Gasteiger partial charge in [-0.15, -0.1) is 11.3 Å². The molecular weight excluding hydrogens is 292 g/mol. The molecular formula is C17H22N4S. The van der Waals surface area contributed by atoms with E-state index in [0.29, 0.717) is 12.6 Å². The van der Waals surface area contributed by atoms with Crippen LogP contribution in [-0.4, -0.2) is 23.5 Å². The van der Waals surface area contributed by atoms with Gasteiger partial charge in [0.2, 0.25) is 0 Å². The first-order valence-electron chi connectivity index (χ1n) is 7.81. The number of guanidine groups is 1. The fraction of sp³-hybridized carbons (Fsp3) is 0.412. The van der Waals surface area contributed by atoms with Crippen molar-refractivity contribution in [2.75, 3.05) is 6.54 Å². The van der Waals surface area contributed by atoms with Gasteiger partial charge in [-0.1, -0.05) is 37.3 Å². The molecule has 5 heteroatoms. The van der Waals surface area contributed by atoms with Crippen LogP contribution in [0.1, 0.15) is 26.0 Å². The number of rotatable bonds is 5. The summed E-state index contributed by atoms with van der Waals surface area (Å²) in [4.78, 5) is 9.32. The van der Waals surface area contributed by atoms with Gasteiger partial charge in [-0.3, -0.25) is 0 Å². The summed E-state index contributed by atoms with van der Waals surface area (Å²) in [6.07, 6.45) is 1.24. The lowest BCUT2D eigenvalue weighted by Gasteiger charge is -2.10. The quantitative estimate of drug-likeness (QED) is 0.658. The third-order valence-electron chi connectivity index (χ3n) is 3.75. The van der Waals surface area contributed by atoms with Gasteiger partial charge in [-0.2, -0.15) is 0 Å². The second kappa shape index (κ2) is 6.92. The molecule has 0 amide bonds. The van der Waals surface area contributed by atoms with Crippen molar-refractivity contribution in [3.8, 4) is 10.6 Å². The summed E-state index contributed by atoms with van der Waals surface area (Å²) in [5.74, 6) is 1.65. The van der Waals surface area contributed by atoms with Crippen LogP contribution in [0.15, 0.2) is 40.7 Å². The van der Waals surface area contributed by atoms with Crippen molar-refractivity contribution >= 4 is 17.3 Å². The number of hydrogen-bond donors (Lipinski definition) is 2. The van der Waals surface area contributed by atoms with Gasteiger partial charge in [0.15, 0.2) is 5.96 Å². The number of aromatic nitrogens is 1. The molecule has 1 aliphatic carbocycles. The highest BCUT2D eigenvalue weighted by molar-refractivity contribution is 7.13. The number of nitrogens with one attached hydrogen (secondary N) is 2. The Morgan fingerprint density at radius 2 is 2.14 bits per heavy atom. The van der Waals surface area contributed by atoms with Crippen LogP contribution in [0.3, 0.4) is 0 Å². The molecule has 2 atom stereocenters. The maximum absolute atomic E-state index is 4.68. The zero-order valence-corrected chi connectivity index (χ0v) is 13.9. The summed E-state index contributed by atoms with van der Waals surface area (Å²) in [5, 5.41) is 9.91. The zero-order valence-electron chi connectivity index (χ0n) is 13.0. The van der Waals surface area contributed by atoms with Crippen molar-refractivity contribution in [3.63, 3.8) is 0 Å². The van der Waals surface area contributed by atoms with E-state index in [1.807, 2.05) is 18.2 Å². The Hall–Kier alpha value is -1.88. The number of nitrogens with zero attached hydrogens (tertiary/aromatic N) is 2. The summed E-state index contributed by atoms with van der Waals surface area (Å²) in [5.41, 5.74) is 2.18. The van der Waals surface area contributed by atoms with Gasteiger partial charge in [0.1, 0.15) is 5.01 Å². The summed E-state index contributed by atoms with van der Waals surface area (Å²) >= 11 is 1.67. The van der Waals surface area contributed by atoms with Gasteiger partial charge in [0.05, 0.1) is 12.2 Å². The van der Waals surface area contributed by atoms with Crippen molar-refractivity contribution in [3.05, 3.63) is 41.4 Å². The smallest absolute Gasteiger partial charge is 0.191 e. The summed E-state index contributed by atoms with van der Waals surface area (Å²) in [7, 11) is 0. The maximum Gasteiger partial charge on any atom is 0.191 e. The Balaban J connectivity index is 1.64. The third-order valence-corrected chi connectivity index (χ3v) is 4.69. The Morgan fingerprint density at radius 1 is 1.36 bits per heavy atom. The Labute approximate surface area is 135 Å². The normalized spacial score (nSPS) is 20.7. The molecule has 1 heterocycles. The standard InChI is InChI=1S/C17H22N4S/c1-3-18-17(21-15-9-12(15)2)19-10-14-11-22-16(20-14)13-7-5-4-6-8-13/h4-8,11-12,15H,3,9-10H2,1-2H3,(H2,18,19,21). The van der Waals surface area contributed by atoms with E-state index in [-0.39, 0.29) is 0 Å². The fourth-order valence-electron chi connectivity index (χ4n) is 2.27. The molecule has 2 aromatic rings. The first-order chi connectivity index (χ1) is 10.8. The number of thiazole rings is 1. The fourth-order valence-corrected chi connectivity index (χ4v) is 3.09. The molecule has 0 saturated heterocycles. The Morgan fingerprint density at radius 3 is 2.82 bits per heavy atom. The lowest BCUT2D eigenvalue weighted by Crippen LogP contribution is -2.39. The van der Waals surface area contributed by atoms with Crippen LogP contribution >= 0.6 is 11.3 Å². The number of benzene rings is 1. The summed E-state index contributed by atoms with van der Waals surface area (Å²) in [6, 6.07) is 10.9. The molecule has 116 valence electrons. The van der Waals surface area contributed by atoms with Crippen LogP contribution < -0.4 is 10.6 Å². The van der Waals surface area contributed by atoms with Gasteiger partial charge in [-0.05, 0) is 19.3 Å². The second-order valence-corrected chi connectivity index (χ2v) is 6.53. The molecule has 0 spiro atoms. The number of aliphatic imine (C=N–C) groups is 1. The van der Waals surface area contributed by atoms with E-state index in [4.69, 9.17) is 0 Å². The molecule has 2 unspecified atom stereocenters. The van der Waals surface area contributed by atoms with Crippen LogP contribution in [0, 0.1) is 5.92 Å². The van der Waals surface area contributed by atoms with E-state index in [1.165, 1.54) is 12.0 Å². The molecule has 0 bridgehead atoms. The van der Waals surface area contributed by atoms with E-state index in [2.05, 4.69) is 52.0 Å². The molecule has 1 aliphatic rings. The van der Waals surface area contributed by atoms with Gasteiger partial charge >= 0.3 is 0 Å². The van der Waals surface area contributed by atoms with Crippen molar-refractivity contribution in [1.82, 2.24) is 15.6 Å². The highest BCUT2D eigenvalue weighted by Crippen LogP contribution is 2.28. The first-order valence-corrected chi connectivity index (χ1v) is 8.69. The first kappa shape index (κ1) is 15.0. The molecule has 1 aromatic heterocycles.